The van der Waals surface area contributed by atoms with Crippen LogP contribution in [0.4, 0.5) is 0 Å². The number of piperazine rings is 2. The third-order valence-corrected chi connectivity index (χ3v) is 5.76. The van der Waals surface area contributed by atoms with Crippen molar-refractivity contribution in [2.24, 2.45) is 0 Å². The number of fused-ring (bicyclic) bond motifs is 1. The molecule has 0 bridgehead atoms. The summed E-state index contributed by atoms with van der Waals surface area (Å²) < 4.78 is 0. The molecule has 146 valence electrons. The van der Waals surface area contributed by atoms with E-state index in [1.54, 1.807) is 29.2 Å². The molecule has 0 radical (unpaired) electrons. The predicted octanol–water partition coefficient (Wildman–Crippen LogP) is 1.80. The van der Waals surface area contributed by atoms with E-state index in [1.807, 2.05) is 24.3 Å². The highest BCUT2D eigenvalue weighted by molar-refractivity contribution is 6.31. The van der Waals surface area contributed by atoms with Gasteiger partial charge in [-0.1, -0.05) is 41.9 Å². The molecule has 28 heavy (non-hydrogen) atoms. The zero-order valence-electron chi connectivity index (χ0n) is 15.3. The lowest BCUT2D eigenvalue weighted by Gasteiger charge is -2.45. The van der Waals surface area contributed by atoms with Gasteiger partial charge in [-0.2, -0.15) is 0 Å². The third kappa shape index (κ3) is 3.84. The monoisotopic (exact) mass is 399 g/mol. The van der Waals surface area contributed by atoms with Gasteiger partial charge in [0.25, 0.3) is 0 Å². The lowest BCUT2D eigenvalue weighted by atomic mass is 9.98. The topological polar surface area (TPSA) is 72.9 Å². The van der Waals surface area contributed by atoms with Crippen LogP contribution in [0.3, 0.4) is 0 Å². The summed E-state index contributed by atoms with van der Waals surface area (Å²) in [5, 5.41) is 13.0. The standard InChI is InChI=1S/C21H22ClN3O3/c22-17-4-2-1-3-15(17)12-24-9-10-25-19(13-24)20(27)23-18(21(25)28)11-14-5-7-16(26)8-6-14/h1-8,18-19,26H,9-13H2,(H,23,27)/t18-,19-/m1/s1. The number of nitrogens with one attached hydrogen (secondary N) is 1. The van der Waals surface area contributed by atoms with Crippen LogP contribution in [0, 0.1) is 0 Å². The Balaban J connectivity index is 1.42. The number of halogens is 1. The van der Waals surface area contributed by atoms with E-state index < -0.39 is 12.1 Å². The molecular formula is C21H22ClN3O3. The van der Waals surface area contributed by atoms with E-state index in [9.17, 15) is 14.7 Å². The summed E-state index contributed by atoms with van der Waals surface area (Å²) in [4.78, 5) is 29.5. The summed E-state index contributed by atoms with van der Waals surface area (Å²) in [6.45, 7) is 2.37. The molecular weight excluding hydrogens is 378 g/mol. The molecule has 0 unspecified atom stereocenters. The number of rotatable bonds is 4. The van der Waals surface area contributed by atoms with Crippen molar-refractivity contribution >= 4 is 23.4 Å². The molecule has 2 aliphatic rings. The van der Waals surface area contributed by atoms with E-state index in [2.05, 4.69) is 10.2 Å². The summed E-state index contributed by atoms with van der Waals surface area (Å²) in [7, 11) is 0. The number of benzene rings is 2. The molecule has 0 aliphatic carbocycles. The van der Waals surface area contributed by atoms with Gasteiger partial charge in [-0.3, -0.25) is 14.5 Å². The molecule has 2 saturated heterocycles. The molecule has 0 aromatic heterocycles. The number of amides is 2. The first-order valence-corrected chi connectivity index (χ1v) is 9.73. The zero-order chi connectivity index (χ0) is 19.7. The highest BCUT2D eigenvalue weighted by Crippen LogP contribution is 2.22. The molecule has 2 amide bonds. The van der Waals surface area contributed by atoms with Crippen molar-refractivity contribution in [3.63, 3.8) is 0 Å². The number of carbonyl (C=O) groups is 2. The van der Waals surface area contributed by atoms with E-state index in [1.165, 1.54) is 0 Å². The number of phenols is 1. The van der Waals surface area contributed by atoms with Crippen molar-refractivity contribution in [1.29, 1.82) is 0 Å². The summed E-state index contributed by atoms with van der Waals surface area (Å²) in [6.07, 6.45) is 0.414. The molecule has 2 fully saturated rings. The SMILES string of the molecule is O=C1N[C@H](Cc2ccc(O)cc2)C(=O)N2CCN(Cc3ccccc3Cl)C[C@H]12. The molecule has 7 heteroatoms. The van der Waals surface area contributed by atoms with Crippen molar-refractivity contribution in [2.75, 3.05) is 19.6 Å². The fourth-order valence-electron chi connectivity index (χ4n) is 3.87. The van der Waals surface area contributed by atoms with Crippen LogP contribution in [0.15, 0.2) is 48.5 Å². The molecule has 2 aromatic carbocycles. The van der Waals surface area contributed by atoms with Gasteiger partial charge in [0.2, 0.25) is 11.8 Å². The van der Waals surface area contributed by atoms with Gasteiger partial charge in [0, 0.05) is 37.6 Å². The van der Waals surface area contributed by atoms with Crippen LogP contribution >= 0.6 is 11.6 Å². The minimum absolute atomic E-state index is 0.0462. The van der Waals surface area contributed by atoms with Gasteiger partial charge in [0.15, 0.2) is 0 Å². The van der Waals surface area contributed by atoms with Crippen LogP contribution in [-0.2, 0) is 22.6 Å². The first-order chi connectivity index (χ1) is 13.5. The number of hydrogen-bond acceptors (Lipinski definition) is 4. The average molecular weight is 400 g/mol. The fraction of sp³-hybridized carbons (Fsp3) is 0.333. The molecule has 6 nitrogen and oxygen atoms in total. The van der Waals surface area contributed by atoms with Gasteiger partial charge in [0.1, 0.15) is 17.8 Å². The van der Waals surface area contributed by atoms with Gasteiger partial charge in [-0.15, -0.1) is 0 Å². The van der Waals surface area contributed by atoms with E-state index >= 15 is 0 Å². The largest absolute Gasteiger partial charge is 0.508 e. The van der Waals surface area contributed by atoms with E-state index in [-0.39, 0.29) is 17.6 Å². The molecule has 2 aromatic rings. The number of hydrogen-bond donors (Lipinski definition) is 2. The molecule has 2 N–H and O–H groups in total. The Bertz CT molecular complexity index is 887. The van der Waals surface area contributed by atoms with Crippen molar-refractivity contribution in [1.82, 2.24) is 15.1 Å². The first kappa shape index (κ1) is 18.8. The van der Waals surface area contributed by atoms with E-state index in [0.29, 0.717) is 37.6 Å². The number of phenolic OH excluding ortho intramolecular Hbond substituents is 1. The maximum Gasteiger partial charge on any atom is 0.246 e. The minimum atomic E-state index is -0.566. The predicted molar refractivity (Wildman–Crippen MR) is 106 cm³/mol. The third-order valence-electron chi connectivity index (χ3n) is 5.39. The molecule has 4 rings (SSSR count). The summed E-state index contributed by atoms with van der Waals surface area (Å²) in [5.41, 5.74) is 1.91. The Morgan fingerprint density at radius 3 is 2.57 bits per heavy atom. The van der Waals surface area contributed by atoms with Crippen LogP contribution in [0.2, 0.25) is 5.02 Å². The quantitative estimate of drug-likeness (QED) is 0.822. The normalized spacial score (nSPS) is 22.7. The van der Waals surface area contributed by atoms with Gasteiger partial charge in [0.05, 0.1) is 0 Å². The van der Waals surface area contributed by atoms with Crippen molar-refractivity contribution < 1.29 is 14.7 Å². The maximum absolute atomic E-state index is 12.9. The Morgan fingerprint density at radius 2 is 1.82 bits per heavy atom. The Labute approximate surface area is 168 Å². The van der Waals surface area contributed by atoms with Gasteiger partial charge in [-0.05, 0) is 29.3 Å². The van der Waals surface area contributed by atoms with E-state index in [0.717, 1.165) is 11.1 Å². The smallest absolute Gasteiger partial charge is 0.246 e. The minimum Gasteiger partial charge on any atom is -0.508 e. The van der Waals surface area contributed by atoms with Crippen molar-refractivity contribution in [3.8, 4) is 5.75 Å². The number of carbonyl (C=O) groups excluding carboxylic acids is 2. The molecule has 2 atom stereocenters. The maximum atomic E-state index is 12.9. The van der Waals surface area contributed by atoms with Crippen molar-refractivity contribution in [3.05, 3.63) is 64.7 Å². The Kier molecular flexibility index (Phi) is 5.24. The van der Waals surface area contributed by atoms with Crippen LogP contribution in [0.1, 0.15) is 11.1 Å². The number of aromatic hydroxyl groups is 1. The van der Waals surface area contributed by atoms with E-state index in [4.69, 9.17) is 11.6 Å². The van der Waals surface area contributed by atoms with Gasteiger partial charge in [-0.25, -0.2) is 0 Å². The zero-order valence-corrected chi connectivity index (χ0v) is 16.1. The highest BCUT2D eigenvalue weighted by atomic mass is 35.5. The van der Waals surface area contributed by atoms with Crippen molar-refractivity contribution in [2.45, 2.75) is 25.0 Å². The van der Waals surface area contributed by atoms with Gasteiger partial charge >= 0.3 is 0 Å². The molecule has 0 saturated carbocycles. The van der Waals surface area contributed by atoms with Crippen LogP contribution in [0.25, 0.3) is 0 Å². The molecule has 2 heterocycles. The number of nitrogens with zero attached hydrogens (tertiary/aromatic N) is 2. The lowest BCUT2D eigenvalue weighted by Crippen LogP contribution is -2.69. The Hall–Kier alpha value is -2.57. The second-order valence-electron chi connectivity index (χ2n) is 7.31. The molecule has 0 spiro atoms. The fourth-order valence-corrected chi connectivity index (χ4v) is 4.07. The average Bonchev–Trinajstić information content (AvgIpc) is 2.69. The summed E-state index contributed by atoms with van der Waals surface area (Å²) >= 11 is 6.25. The van der Waals surface area contributed by atoms with Crippen LogP contribution < -0.4 is 5.32 Å². The van der Waals surface area contributed by atoms with Crippen LogP contribution in [0.5, 0.6) is 5.75 Å². The second kappa shape index (κ2) is 7.81. The van der Waals surface area contributed by atoms with Gasteiger partial charge < -0.3 is 15.3 Å². The Morgan fingerprint density at radius 1 is 1.07 bits per heavy atom. The summed E-state index contributed by atoms with van der Waals surface area (Å²) in [5.74, 6) is 0.0137. The summed E-state index contributed by atoms with van der Waals surface area (Å²) in [6, 6.07) is 13.3. The van der Waals surface area contributed by atoms with Crippen LogP contribution in [-0.4, -0.2) is 58.4 Å². The lowest BCUT2D eigenvalue weighted by molar-refractivity contribution is -0.153. The second-order valence-corrected chi connectivity index (χ2v) is 7.71. The molecule has 2 aliphatic heterocycles. The first-order valence-electron chi connectivity index (χ1n) is 9.36. The highest BCUT2D eigenvalue weighted by Gasteiger charge is 2.43.